The first-order valence-electron chi connectivity index (χ1n) is 10.4. The van der Waals surface area contributed by atoms with Gasteiger partial charge >= 0.3 is 0 Å². The summed E-state index contributed by atoms with van der Waals surface area (Å²) < 4.78 is 0. The van der Waals surface area contributed by atoms with E-state index < -0.39 is 0 Å². The first kappa shape index (κ1) is 20.4. The van der Waals surface area contributed by atoms with Crippen LogP contribution in [0.25, 0.3) is 10.8 Å². The van der Waals surface area contributed by atoms with E-state index in [2.05, 4.69) is 10.6 Å². The predicted octanol–water partition coefficient (Wildman–Crippen LogP) is 5.59. The van der Waals surface area contributed by atoms with Crippen molar-refractivity contribution in [2.24, 2.45) is 0 Å². The zero-order valence-corrected chi connectivity index (χ0v) is 17.2. The van der Waals surface area contributed by atoms with Gasteiger partial charge in [-0.25, -0.2) is 0 Å². The van der Waals surface area contributed by atoms with E-state index in [0.29, 0.717) is 24.2 Å². The van der Waals surface area contributed by atoms with Crippen molar-refractivity contribution in [1.29, 1.82) is 0 Å². The normalized spacial score (nSPS) is 10.6. The van der Waals surface area contributed by atoms with E-state index in [1.54, 1.807) is 6.07 Å². The maximum atomic E-state index is 12.6. The van der Waals surface area contributed by atoms with E-state index in [1.807, 2.05) is 91.0 Å². The summed E-state index contributed by atoms with van der Waals surface area (Å²) in [6, 6.07) is 31.2. The summed E-state index contributed by atoms with van der Waals surface area (Å²) >= 11 is 0. The zero-order valence-electron chi connectivity index (χ0n) is 17.2. The molecule has 0 fully saturated rings. The number of hydrogen-bond acceptors (Lipinski definition) is 2. The van der Waals surface area contributed by atoms with Crippen molar-refractivity contribution in [3.05, 3.63) is 108 Å². The lowest BCUT2D eigenvalue weighted by Gasteiger charge is -2.10. The highest BCUT2D eigenvalue weighted by molar-refractivity contribution is 5.97. The summed E-state index contributed by atoms with van der Waals surface area (Å²) in [5, 5.41) is 8.05. The Morgan fingerprint density at radius 1 is 0.645 bits per heavy atom. The van der Waals surface area contributed by atoms with Gasteiger partial charge in [0.05, 0.1) is 6.42 Å². The molecule has 31 heavy (non-hydrogen) atoms. The Labute approximate surface area is 181 Å². The van der Waals surface area contributed by atoms with Gasteiger partial charge in [0.15, 0.2) is 0 Å². The first-order chi connectivity index (χ1) is 15.2. The summed E-state index contributed by atoms with van der Waals surface area (Å²) in [4.78, 5) is 24.9. The van der Waals surface area contributed by atoms with Crippen molar-refractivity contribution >= 4 is 34.0 Å². The van der Waals surface area contributed by atoms with Gasteiger partial charge in [0.1, 0.15) is 0 Å². The van der Waals surface area contributed by atoms with Crippen LogP contribution in [0.2, 0.25) is 0 Å². The lowest BCUT2D eigenvalue weighted by atomic mass is 10.0. The van der Waals surface area contributed by atoms with Crippen LogP contribution in [-0.2, 0) is 22.4 Å². The number of benzene rings is 4. The highest BCUT2D eigenvalue weighted by Crippen LogP contribution is 2.20. The smallest absolute Gasteiger partial charge is 0.228 e. The largest absolute Gasteiger partial charge is 0.326 e. The van der Waals surface area contributed by atoms with Crippen molar-refractivity contribution in [2.45, 2.75) is 19.3 Å². The average Bonchev–Trinajstić information content (AvgIpc) is 2.79. The Hall–Kier alpha value is -3.92. The molecular weight excluding hydrogens is 384 g/mol. The minimum atomic E-state index is -0.0936. The summed E-state index contributed by atoms with van der Waals surface area (Å²) in [6.07, 6.45) is 1.38. The number of hydrogen-bond donors (Lipinski definition) is 2. The maximum Gasteiger partial charge on any atom is 0.228 e. The van der Waals surface area contributed by atoms with E-state index in [4.69, 9.17) is 0 Å². The number of carbonyl (C=O) groups is 2. The van der Waals surface area contributed by atoms with Crippen LogP contribution in [0.1, 0.15) is 17.5 Å². The van der Waals surface area contributed by atoms with Crippen LogP contribution in [0.15, 0.2) is 97.1 Å². The monoisotopic (exact) mass is 408 g/mol. The van der Waals surface area contributed by atoms with Gasteiger partial charge in [0.25, 0.3) is 0 Å². The summed E-state index contributed by atoms with van der Waals surface area (Å²) in [5.74, 6) is -0.146. The Kier molecular flexibility index (Phi) is 6.38. The Morgan fingerprint density at radius 3 is 2.10 bits per heavy atom. The third kappa shape index (κ3) is 5.58. The predicted molar refractivity (Wildman–Crippen MR) is 126 cm³/mol. The lowest BCUT2D eigenvalue weighted by molar-refractivity contribution is -0.116. The molecule has 4 aromatic rings. The van der Waals surface area contributed by atoms with E-state index in [9.17, 15) is 9.59 Å². The fourth-order valence-electron chi connectivity index (χ4n) is 3.63. The molecule has 4 rings (SSSR count). The van der Waals surface area contributed by atoms with Gasteiger partial charge in [-0.3, -0.25) is 9.59 Å². The second-order valence-corrected chi connectivity index (χ2v) is 7.48. The molecule has 0 aliphatic heterocycles. The highest BCUT2D eigenvalue weighted by atomic mass is 16.2. The van der Waals surface area contributed by atoms with E-state index in [-0.39, 0.29) is 18.2 Å². The van der Waals surface area contributed by atoms with Crippen LogP contribution >= 0.6 is 0 Å². The van der Waals surface area contributed by atoms with E-state index >= 15 is 0 Å². The SMILES string of the molecule is O=C(CCc1ccccc1)Nc1cccc(NC(=O)Cc2cccc3ccccc23)c1. The highest BCUT2D eigenvalue weighted by Gasteiger charge is 2.09. The van der Waals surface area contributed by atoms with Crippen molar-refractivity contribution < 1.29 is 9.59 Å². The van der Waals surface area contributed by atoms with Crippen LogP contribution in [-0.4, -0.2) is 11.8 Å². The molecule has 0 heterocycles. The van der Waals surface area contributed by atoms with Gasteiger partial charge in [-0.1, -0.05) is 78.9 Å². The third-order valence-electron chi connectivity index (χ3n) is 5.14. The molecule has 0 spiro atoms. The molecule has 4 aromatic carbocycles. The number of fused-ring (bicyclic) bond motifs is 1. The molecule has 2 amide bonds. The molecule has 0 aliphatic carbocycles. The second kappa shape index (κ2) is 9.72. The Balaban J connectivity index is 1.35. The van der Waals surface area contributed by atoms with Crippen molar-refractivity contribution in [3.8, 4) is 0 Å². The molecule has 4 heteroatoms. The number of rotatable bonds is 7. The third-order valence-corrected chi connectivity index (χ3v) is 5.14. The fraction of sp³-hybridized carbons (Fsp3) is 0.111. The molecule has 0 bridgehead atoms. The molecule has 0 atom stereocenters. The molecule has 0 radical (unpaired) electrons. The standard InChI is InChI=1S/C27H24N2O2/c30-26(17-16-20-8-2-1-3-9-20)28-23-13-7-14-24(19-23)29-27(31)18-22-12-6-11-21-10-4-5-15-25(21)22/h1-15,19H,16-18H2,(H,28,30)(H,29,31). The quantitative estimate of drug-likeness (QED) is 0.419. The Bertz CT molecular complexity index is 1200. The Morgan fingerprint density at radius 2 is 1.29 bits per heavy atom. The minimum Gasteiger partial charge on any atom is -0.326 e. The summed E-state index contributed by atoms with van der Waals surface area (Å²) in [7, 11) is 0. The van der Waals surface area contributed by atoms with Gasteiger partial charge < -0.3 is 10.6 Å². The molecule has 0 aromatic heterocycles. The molecule has 4 nitrogen and oxygen atoms in total. The average molecular weight is 409 g/mol. The van der Waals surface area contributed by atoms with E-state index in [0.717, 1.165) is 21.9 Å². The van der Waals surface area contributed by atoms with Crippen LogP contribution in [0.5, 0.6) is 0 Å². The molecule has 154 valence electrons. The van der Waals surface area contributed by atoms with Gasteiger partial charge in [0, 0.05) is 17.8 Å². The summed E-state index contributed by atoms with van der Waals surface area (Å²) in [5.41, 5.74) is 3.44. The molecule has 0 unspecified atom stereocenters. The fourth-order valence-corrected chi connectivity index (χ4v) is 3.63. The van der Waals surface area contributed by atoms with Gasteiger partial charge in [0.2, 0.25) is 11.8 Å². The van der Waals surface area contributed by atoms with Gasteiger partial charge in [-0.05, 0) is 46.5 Å². The second-order valence-electron chi connectivity index (χ2n) is 7.48. The first-order valence-corrected chi connectivity index (χ1v) is 10.4. The molecule has 0 saturated carbocycles. The summed E-state index contributed by atoms with van der Waals surface area (Å²) in [6.45, 7) is 0. The lowest BCUT2D eigenvalue weighted by Crippen LogP contribution is -2.15. The van der Waals surface area contributed by atoms with Crippen LogP contribution < -0.4 is 10.6 Å². The number of amides is 2. The van der Waals surface area contributed by atoms with Crippen LogP contribution in [0.4, 0.5) is 11.4 Å². The molecule has 0 aliphatic rings. The van der Waals surface area contributed by atoms with Crippen LogP contribution in [0.3, 0.4) is 0 Å². The van der Waals surface area contributed by atoms with E-state index in [1.165, 1.54) is 0 Å². The van der Waals surface area contributed by atoms with Crippen molar-refractivity contribution in [2.75, 3.05) is 10.6 Å². The van der Waals surface area contributed by atoms with Crippen molar-refractivity contribution in [3.63, 3.8) is 0 Å². The van der Waals surface area contributed by atoms with Gasteiger partial charge in [-0.2, -0.15) is 0 Å². The van der Waals surface area contributed by atoms with Crippen molar-refractivity contribution in [1.82, 2.24) is 0 Å². The number of carbonyl (C=O) groups excluding carboxylic acids is 2. The zero-order chi connectivity index (χ0) is 21.5. The number of anilines is 2. The molecule has 2 N–H and O–H groups in total. The number of aryl methyl sites for hydroxylation is 1. The minimum absolute atomic E-state index is 0.0527. The van der Waals surface area contributed by atoms with Gasteiger partial charge in [-0.15, -0.1) is 0 Å². The van der Waals surface area contributed by atoms with Crippen LogP contribution in [0, 0.1) is 0 Å². The number of nitrogens with one attached hydrogen (secondary N) is 2. The molecule has 0 saturated heterocycles. The topological polar surface area (TPSA) is 58.2 Å². The molecular formula is C27H24N2O2. The maximum absolute atomic E-state index is 12.6.